The van der Waals surface area contributed by atoms with E-state index in [0.29, 0.717) is 26.2 Å². The number of hydrogen-bond donors (Lipinski definition) is 1. The van der Waals surface area contributed by atoms with Crippen LogP contribution in [0, 0.1) is 5.92 Å². The summed E-state index contributed by atoms with van der Waals surface area (Å²) in [4.78, 5) is 12.1. The molecule has 2 fully saturated rings. The first-order chi connectivity index (χ1) is 10.3. The van der Waals surface area contributed by atoms with E-state index in [1.165, 1.54) is 0 Å². The molecular formula is C16H24N2O3. The van der Waals surface area contributed by atoms with Gasteiger partial charge in [-0.25, -0.2) is 0 Å². The Morgan fingerprint density at radius 1 is 1.24 bits per heavy atom. The monoisotopic (exact) mass is 292 g/mol. The van der Waals surface area contributed by atoms with Gasteiger partial charge in [0.15, 0.2) is 5.79 Å². The second-order valence-electron chi connectivity index (χ2n) is 5.93. The van der Waals surface area contributed by atoms with E-state index in [-0.39, 0.29) is 11.8 Å². The molecule has 1 unspecified atom stereocenters. The first kappa shape index (κ1) is 14.6. The highest BCUT2D eigenvalue weighted by Gasteiger charge is 2.46. The van der Waals surface area contributed by atoms with Gasteiger partial charge in [-0.05, 0) is 25.0 Å². The fourth-order valence-electron chi connectivity index (χ4n) is 3.43. The van der Waals surface area contributed by atoms with Gasteiger partial charge in [-0.2, -0.15) is 0 Å². The van der Waals surface area contributed by atoms with Crippen LogP contribution in [0.4, 0.5) is 0 Å². The van der Waals surface area contributed by atoms with Gasteiger partial charge >= 0.3 is 0 Å². The average molecular weight is 292 g/mol. The zero-order chi connectivity index (χ0) is 14.5. The van der Waals surface area contributed by atoms with Crippen LogP contribution in [0.5, 0.6) is 0 Å². The van der Waals surface area contributed by atoms with E-state index in [4.69, 9.17) is 9.47 Å². The van der Waals surface area contributed by atoms with Crippen LogP contribution in [-0.2, 0) is 20.8 Å². The molecule has 1 aliphatic heterocycles. The Morgan fingerprint density at radius 2 is 2.00 bits per heavy atom. The largest absolute Gasteiger partial charge is 0.354 e. The summed E-state index contributed by atoms with van der Waals surface area (Å²) in [5.41, 5.74) is 0. The maximum absolute atomic E-state index is 12.1. The van der Waals surface area contributed by atoms with Gasteiger partial charge in [0.1, 0.15) is 0 Å². The van der Waals surface area contributed by atoms with E-state index in [0.717, 1.165) is 32.2 Å². The van der Waals surface area contributed by atoms with Crippen LogP contribution in [0.1, 0.15) is 32.1 Å². The molecule has 3 rings (SSSR count). The van der Waals surface area contributed by atoms with Gasteiger partial charge in [-0.3, -0.25) is 4.79 Å². The minimum atomic E-state index is -0.476. The molecule has 116 valence electrons. The van der Waals surface area contributed by atoms with Crippen molar-refractivity contribution in [3.63, 3.8) is 0 Å². The third kappa shape index (κ3) is 3.47. The molecule has 1 aromatic rings. The number of nitrogens with one attached hydrogen (secondary N) is 1. The molecule has 1 amide bonds. The lowest BCUT2D eigenvalue weighted by molar-refractivity contribution is -0.213. The third-order valence-electron chi connectivity index (χ3n) is 4.52. The summed E-state index contributed by atoms with van der Waals surface area (Å²) in [5.74, 6) is -0.177. The van der Waals surface area contributed by atoms with E-state index in [2.05, 4.69) is 9.88 Å². The number of ether oxygens (including phenoxy) is 2. The number of aromatic nitrogens is 1. The predicted molar refractivity (Wildman–Crippen MR) is 78.7 cm³/mol. The average Bonchev–Trinajstić information content (AvgIpc) is 3.14. The quantitative estimate of drug-likeness (QED) is 0.902. The van der Waals surface area contributed by atoms with Crippen LogP contribution in [0.2, 0.25) is 0 Å². The van der Waals surface area contributed by atoms with Gasteiger partial charge in [0.2, 0.25) is 5.91 Å². The van der Waals surface area contributed by atoms with Crippen molar-refractivity contribution >= 4 is 5.91 Å². The Morgan fingerprint density at radius 3 is 2.76 bits per heavy atom. The molecule has 1 spiro atoms. The Bertz CT molecular complexity index is 452. The third-order valence-corrected chi connectivity index (χ3v) is 4.52. The van der Waals surface area contributed by atoms with Crippen molar-refractivity contribution in [1.29, 1.82) is 0 Å². The van der Waals surface area contributed by atoms with Crippen molar-refractivity contribution in [1.82, 2.24) is 9.88 Å². The van der Waals surface area contributed by atoms with E-state index >= 15 is 0 Å². The summed E-state index contributed by atoms with van der Waals surface area (Å²) in [7, 11) is 0. The molecule has 0 radical (unpaired) electrons. The Hall–Kier alpha value is -1.33. The molecule has 1 saturated heterocycles. The predicted octanol–water partition coefficient (Wildman–Crippen LogP) is 1.93. The van der Waals surface area contributed by atoms with Crippen molar-refractivity contribution in [3.8, 4) is 0 Å². The summed E-state index contributed by atoms with van der Waals surface area (Å²) in [5, 5.41) is 3.00. The smallest absolute Gasteiger partial charge is 0.220 e. The van der Waals surface area contributed by atoms with Crippen LogP contribution >= 0.6 is 0 Å². The van der Waals surface area contributed by atoms with E-state index in [1.807, 2.05) is 24.5 Å². The minimum absolute atomic E-state index is 0.104. The molecule has 2 aliphatic rings. The lowest BCUT2D eigenvalue weighted by Gasteiger charge is -2.39. The van der Waals surface area contributed by atoms with Crippen LogP contribution in [0.3, 0.4) is 0 Å². The number of carbonyl (C=O) groups is 1. The van der Waals surface area contributed by atoms with Crippen LogP contribution in [0.15, 0.2) is 24.5 Å². The van der Waals surface area contributed by atoms with Crippen LogP contribution in [0.25, 0.3) is 0 Å². The Labute approximate surface area is 125 Å². The maximum Gasteiger partial charge on any atom is 0.220 e. The molecule has 5 nitrogen and oxygen atoms in total. The summed E-state index contributed by atoms with van der Waals surface area (Å²) < 4.78 is 13.8. The molecule has 1 saturated carbocycles. The zero-order valence-electron chi connectivity index (χ0n) is 12.4. The highest BCUT2D eigenvalue weighted by molar-refractivity contribution is 5.76. The summed E-state index contributed by atoms with van der Waals surface area (Å²) >= 11 is 0. The number of rotatable bonds is 5. The van der Waals surface area contributed by atoms with Crippen LogP contribution in [-0.4, -0.2) is 36.0 Å². The molecule has 1 aliphatic carbocycles. The minimum Gasteiger partial charge on any atom is -0.354 e. The second kappa shape index (κ2) is 6.62. The molecule has 1 aromatic heterocycles. The van der Waals surface area contributed by atoms with Gasteiger partial charge in [0.05, 0.1) is 13.2 Å². The molecular weight excluding hydrogens is 268 g/mol. The SMILES string of the molecule is O=C(CC1CCCCC12OCCO2)NCCn1cccc1. The van der Waals surface area contributed by atoms with Gasteiger partial charge in [-0.15, -0.1) is 0 Å². The molecule has 21 heavy (non-hydrogen) atoms. The standard InChI is InChI=1S/C16H24N2O3/c19-15(17-7-10-18-8-3-4-9-18)13-14-5-1-2-6-16(14)20-11-12-21-16/h3-4,8-9,14H,1-2,5-7,10-13H2,(H,17,19). The van der Waals surface area contributed by atoms with E-state index < -0.39 is 5.79 Å². The van der Waals surface area contributed by atoms with Crippen molar-refractivity contribution in [2.45, 2.75) is 44.4 Å². The molecule has 1 atom stereocenters. The lowest BCUT2D eigenvalue weighted by Crippen LogP contribution is -2.44. The van der Waals surface area contributed by atoms with Gasteiger partial charge in [-0.1, -0.05) is 6.42 Å². The fourth-order valence-corrected chi connectivity index (χ4v) is 3.43. The normalized spacial score (nSPS) is 24.3. The van der Waals surface area contributed by atoms with Gasteiger partial charge in [0, 0.05) is 44.2 Å². The highest BCUT2D eigenvalue weighted by atomic mass is 16.7. The first-order valence-corrected chi connectivity index (χ1v) is 7.94. The fraction of sp³-hybridized carbons (Fsp3) is 0.688. The Balaban J connectivity index is 1.46. The number of nitrogens with zero attached hydrogens (tertiary/aromatic N) is 1. The summed E-state index contributed by atoms with van der Waals surface area (Å²) in [6, 6.07) is 3.98. The summed E-state index contributed by atoms with van der Waals surface area (Å²) in [6.07, 6.45) is 8.75. The lowest BCUT2D eigenvalue weighted by atomic mass is 9.81. The van der Waals surface area contributed by atoms with Crippen molar-refractivity contribution < 1.29 is 14.3 Å². The summed E-state index contributed by atoms with van der Waals surface area (Å²) in [6.45, 7) is 2.79. The number of carbonyl (C=O) groups excluding carboxylic acids is 1. The Kier molecular flexibility index (Phi) is 4.60. The number of amides is 1. The second-order valence-corrected chi connectivity index (χ2v) is 5.93. The van der Waals surface area contributed by atoms with E-state index in [1.54, 1.807) is 0 Å². The molecule has 5 heteroatoms. The van der Waals surface area contributed by atoms with Crippen LogP contribution < -0.4 is 5.32 Å². The van der Waals surface area contributed by atoms with E-state index in [9.17, 15) is 4.79 Å². The highest BCUT2D eigenvalue weighted by Crippen LogP contribution is 2.42. The maximum atomic E-state index is 12.1. The zero-order valence-corrected chi connectivity index (χ0v) is 12.4. The molecule has 0 bridgehead atoms. The van der Waals surface area contributed by atoms with Gasteiger partial charge in [0.25, 0.3) is 0 Å². The van der Waals surface area contributed by atoms with Crippen molar-refractivity contribution in [3.05, 3.63) is 24.5 Å². The molecule has 2 heterocycles. The molecule has 0 aromatic carbocycles. The topological polar surface area (TPSA) is 52.5 Å². The number of hydrogen-bond acceptors (Lipinski definition) is 3. The van der Waals surface area contributed by atoms with Crippen molar-refractivity contribution in [2.24, 2.45) is 5.92 Å². The first-order valence-electron chi connectivity index (χ1n) is 7.94. The van der Waals surface area contributed by atoms with Crippen molar-refractivity contribution in [2.75, 3.05) is 19.8 Å². The molecule has 1 N–H and O–H groups in total. The van der Waals surface area contributed by atoms with Gasteiger partial charge < -0.3 is 19.4 Å².